The summed E-state index contributed by atoms with van der Waals surface area (Å²) in [7, 11) is 0. The lowest BCUT2D eigenvalue weighted by Crippen LogP contribution is -2.33. The van der Waals surface area contributed by atoms with Crippen LogP contribution in [0.5, 0.6) is 0 Å². The van der Waals surface area contributed by atoms with Gasteiger partial charge in [0, 0.05) is 0 Å². The van der Waals surface area contributed by atoms with Gasteiger partial charge in [-0.15, -0.1) is 0 Å². The van der Waals surface area contributed by atoms with Crippen molar-refractivity contribution >= 4 is 17.0 Å². The monoisotopic (exact) mass is 293 g/mol. The van der Waals surface area contributed by atoms with E-state index in [1.807, 2.05) is 0 Å². The number of anilines is 1. The van der Waals surface area contributed by atoms with Crippen molar-refractivity contribution in [1.29, 1.82) is 0 Å². The zero-order chi connectivity index (χ0) is 15.0. The number of rotatable bonds is 4. The molecule has 0 aliphatic carbocycles. The summed E-state index contributed by atoms with van der Waals surface area (Å²) in [6, 6.07) is 0. The summed E-state index contributed by atoms with van der Waals surface area (Å²) in [4.78, 5) is 12.0. The van der Waals surface area contributed by atoms with E-state index in [1.54, 1.807) is 0 Å². The average Bonchev–Trinajstić information content (AvgIpc) is 3.02. The van der Waals surface area contributed by atoms with Gasteiger partial charge in [-0.3, -0.25) is 4.57 Å². The van der Waals surface area contributed by atoms with Gasteiger partial charge in [0.25, 0.3) is 0 Å². The first-order valence-corrected chi connectivity index (χ1v) is 6.30. The van der Waals surface area contributed by atoms with Crippen LogP contribution in [0.3, 0.4) is 0 Å². The molecule has 0 radical (unpaired) electrons. The van der Waals surface area contributed by atoms with Gasteiger partial charge in [-0.05, 0) is 0 Å². The van der Waals surface area contributed by atoms with Gasteiger partial charge in [0.2, 0.25) is 0 Å². The van der Waals surface area contributed by atoms with Crippen LogP contribution in [-0.2, 0) is 9.47 Å². The number of hydrogen-bond donors (Lipinski definition) is 3. The Bertz CT molecular complexity index is 660. The first-order chi connectivity index (χ1) is 10.1. The normalized spacial score (nSPS) is 28.9. The highest BCUT2D eigenvalue weighted by atomic mass is 16.6. The van der Waals surface area contributed by atoms with E-state index in [1.165, 1.54) is 23.5 Å². The maximum Gasteiger partial charge on any atom is 0.167 e. The molecule has 2 aromatic heterocycles. The molecule has 21 heavy (non-hydrogen) atoms. The maximum absolute atomic E-state index is 10.1. The van der Waals surface area contributed by atoms with Crippen LogP contribution in [0.15, 0.2) is 25.5 Å². The van der Waals surface area contributed by atoms with Gasteiger partial charge in [0.05, 0.1) is 12.6 Å². The number of hydrogen-bond acceptors (Lipinski definition) is 8. The number of imidazole rings is 1. The SMILES string of the molecule is C=COC[C@H]1O[C@@H](n2cnc3c(N)ncnc32)[C@H](O)[C@@H]1O. The van der Waals surface area contributed by atoms with Crippen LogP contribution in [0.1, 0.15) is 6.23 Å². The minimum Gasteiger partial charge on any atom is -0.499 e. The Morgan fingerprint density at radius 3 is 2.95 bits per heavy atom. The quantitative estimate of drug-likeness (QED) is 0.624. The van der Waals surface area contributed by atoms with E-state index in [-0.39, 0.29) is 12.4 Å². The van der Waals surface area contributed by atoms with Crippen molar-refractivity contribution in [3.8, 4) is 0 Å². The van der Waals surface area contributed by atoms with E-state index in [2.05, 4.69) is 21.5 Å². The van der Waals surface area contributed by atoms with Crippen LogP contribution in [0.25, 0.3) is 11.2 Å². The van der Waals surface area contributed by atoms with Crippen molar-refractivity contribution in [2.45, 2.75) is 24.5 Å². The van der Waals surface area contributed by atoms with Crippen LogP contribution < -0.4 is 5.73 Å². The minimum atomic E-state index is -1.14. The van der Waals surface area contributed by atoms with Crippen LogP contribution in [0.2, 0.25) is 0 Å². The number of nitrogens with two attached hydrogens (primary N) is 1. The van der Waals surface area contributed by atoms with Crippen molar-refractivity contribution in [2.24, 2.45) is 0 Å². The zero-order valence-electron chi connectivity index (χ0n) is 11.0. The topological polar surface area (TPSA) is 129 Å². The Kier molecular flexibility index (Phi) is 3.45. The molecule has 0 spiro atoms. The molecule has 0 amide bonds. The van der Waals surface area contributed by atoms with Gasteiger partial charge in [-0.1, -0.05) is 6.58 Å². The zero-order valence-corrected chi connectivity index (χ0v) is 11.0. The molecule has 9 heteroatoms. The summed E-state index contributed by atoms with van der Waals surface area (Å²) < 4.78 is 12.1. The van der Waals surface area contributed by atoms with E-state index in [9.17, 15) is 10.2 Å². The Morgan fingerprint density at radius 2 is 2.19 bits per heavy atom. The molecule has 0 bridgehead atoms. The lowest BCUT2D eigenvalue weighted by atomic mass is 10.1. The predicted molar refractivity (Wildman–Crippen MR) is 71.8 cm³/mol. The van der Waals surface area contributed by atoms with Crippen molar-refractivity contribution < 1.29 is 19.7 Å². The molecule has 1 aliphatic heterocycles. The smallest absolute Gasteiger partial charge is 0.167 e. The molecule has 4 N–H and O–H groups in total. The number of nitrogen functional groups attached to an aromatic ring is 1. The average molecular weight is 293 g/mol. The molecular weight excluding hydrogens is 278 g/mol. The Hall–Kier alpha value is -2.23. The van der Waals surface area contributed by atoms with E-state index >= 15 is 0 Å². The molecule has 1 aliphatic rings. The molecule has 2 aromatic rings. The third-order valence-corrected chi connectivity index (χ3v) is 3.38. The van der Waals surface area contributed by atoms with Gasteiger partial charge >= 0.3 is 0 Å². The fourth-order valence-electron chi connectivity index (χ4n) is 2.32. The number of aliphatic hydroxyl groups is 2. The van der Waals surface area contributed by atoms with E-state index < -0.39 is 24.5 Å². The third kappa shape index (κ3) is 2.20. The standard InChI is InChI=1S/C12H15N5O4/c1-2-20-3-6-8(18)9(19)12(21-6)17-5-16-7-10(13)14-4-15-11(7)17/h2,4-6,8-9,12,18-19H,1,3H2,(H2,13,14,15)/t6-,8-,9-,12-/m1/s1. The molecule has 0 unspecified atom stereocenters. The van der Waals surface area contributed by atoms with Gasteiger partial charge in [0.1, 0.15) is 36.8 Å². The first kappa shape index (κ1) is 13.7. The Morgan fingerprint density at radius 1 is 1.38 bits per heavy atom. The minimum absolute atomic E-state index is 0.0853. The second-order valence-electron chi connectivity index (χ2n) is 4.63. The molecule has 3 rings (SSSR count). The van der Waals surface area contributed by atoms with Crippen LogP contribution in [-0.4, -0.2) is 54.7 Å². The molecule has 1 saturated heterocycles. The molecule has 4 atom stereocenters. The molecule has 0 saturated carbocycles. The molecule has 9 nitrogen and oxygen atoms in total. The fraction of sp³-hybridized carbons (Fsp3) is 0.417. The molecular formula is C12H15N5O4. The summed E-state index contributed by atoms with van der Waals surface area (Å²) in [6.45, 7) is 3.50. The lowest BCUT2D eigenvalue weighted by molar-refractivity contribution is -0.0530. The molecule has 0 aromatic carbocycles. The predicted octanol–water partition coefficient (Wildman–Crippen LogP) is -0.812. The summed E-state index contributed by atoms with van der Waals surface area (Å²) in [5.74, 6) is 0.235. The van der Waals surface area contributed by atoms with Crippen molar-refractivity contribution in [3.05, 3.63) is 25.5 Å². The largest absolute Gasteiger partial charge is 0.499 e. The highest BCUT2D eigenvalue weighted by Crippen LogP contribution is 2.31. The van der Waals surface area contributed by atoms with Gasteiger partial charge in [0.15, 0.2) is 17.7 Å². The van der Waals surface area contributed by atoms with Crippen LogP contribution in [0.4, 0.5) is 5.82 Å². The number of ether oxygens (including phenoxy) is 2. The Balaban J connectivity index is 1.92. The summed E-state index contributed by atoms with van der Waals surface area (Å²) in [5.41, 5.74) is 6.54. The van der Waals surface area contributed by atoms with Gasteiger partial charge in [-0.2, -0.15) is 0 Å². The van der Waals surface area contributed by atoms with Crippen molar-refractivity contribution in [1.82, 2.24) is 19.5 Å². The highest BCUT2D eigenvalue weighted by molar-refractivity contribution is 5.81. The molecule has 112 valence electrons. The summed E-state index contributed by atoms with van der Waals surface area (Å²) in [5, 5.41) is 20.1. The third-order valence-electron chi connectivity index (χ3n) is 3.38. The highest BCUT2D eigenvalue weighted by Gasteiger charge is 2.44. The lowest BCUT2D eigenvalue weighted by Gasteiger charge is -2.16. The fourth-order valence-corrected chi connectivity index (χ4v) is 2.32. The van der Waals surface area contributed by atoms with Crippen LogP contribution in [0, 0.1) is 0 Å². The summed E-state index contributed by atoms with van der Waals surface area (Å²) >= 11 is 0. The van der Waals surface area contributed by atoms with E-state index in [4.69, 9.17) is 15.2 Å². The van der Waals surface area contributed by atoms with Gasteiger partial charge < -0.3 is 25.4 Å². The maximum atomic E-state index is 10.1. The molecule has 3 heterocycles. The van der Waals surface area contributed by atoms with Gasteiger partial charge in [-0.25, -0.2) is 15.0 Å². The van der Waals surface area contributed by atoms with E-state index in [0.29, 0.717) is 11.2 Å². The number of fused-ring (bicyclic) bond motifs is 1. The Labute approximate surface area is 119 Å². The summed E-state index contributed by atoms with van der Waals surface area (Å²) in [6.07, 6.45) is 0.232. The van der Waals surface area contributed by atoms with E-state index in [0.717, 1.165) is 0 Å². The number of aromatic nitrogens is 4. The number of aliphatic hydroxyl groups excluding tert-OH is 2. The van der Waals surface area contributed by atoms with Crippen LogP contribution >= 0.6 is 0 Å². The van der Waals surface area contributed by atoms with Crippen molar-refractivity contribution in [2.75, 3.05) is 12.3 Å². The second kappa shape index (κ2) is 5.28. The second-order valence-corrected chi connectivity index (χ2v) is 4.63. The van der Waals surface area contributed by atoms with Crippen molar-refractivity contribution in [3.63, 3.8) is 0 Å². The molecule has 1 fully saturated rings. The first-order valence-electron chi connectivity index (χ1n) is 6.30. The number of nitrogens with zero attached hydrogens (tertiary/aromatic N) is 4.